The molecule has 9 heteroatoms. The first-order chi connectivity index (χ1) is 35.0. The molecule has 0 heterocycles. The van der Waals surface area contributed by atoms with E-state index in [2.05, 4.69) is 153 Å². The molecule has 72 heavy (non-hydrogen) atoms. The van der Waals surface area contributed by atoms with E-state index in [1.165, 1.54) is 51.4 Å². The Labute approximate surface area is 442 Å². The Hall–Kier alpha value is -3.62. The van der Waals surface area contributed by atoms with Gasteiger partial charge in [0.2, 0.25) is 5.91 Å². The fourth-order valence-corrected chi connectivity index (χ4v) is 7.84. The van der Waals surface area contributed by atoms with Gasteiger partial charge in [0.15, 0.2) is 0 Å². The topological polar surface area (TPSA) is 108 Å². The number of likely N-dealkylation sites (N-methyl/N-ethyl adjacent to an activating group) is 1. The molecule has 0 radical (unpaired) electrons. The highest BCUT2D eigenvalue weighted by molar-refractivity contribution is 7.45. The highest BCUT2D eigenvalue weighted by Gasteiger charge is 2.23. The molecule has 8 nitrogen and oxygen atoms in total. The van der Waals surface area contributed by atoms with Crippen LogP contribution in [-0.2, 0) is 18.4 Å². The summed E-state index contributed by atoms with van der Waals surface area (Å²) in [5.41, 5.74) is 0. The van der Waals surface area contributed by atoms with Crippen LogP contribution in [0.2, 0.25) is 0 Å². The molecule has 0 saturated carbocycles. The van der Waals surface area contributed by atoms with Crippen molar-refractivity contribution in [1.29, 1.82) is 0 Å². The van der Waals surface area contributed by atoms with Crippen LogP contribution in [0, 0.1) is 0 Å². The maximum atomic E-state index is 12.9. The zero-order valence-corrected chi connectivity index (χ0v) is 47.2. The van der Waals surface area contributed by atoms with Crippen molar-refractivity contribution in [3.05, 3.63) is 146 Å². The van der Waals surface area contributed by atoms with E-state index in [0.29, 0.717) is 17.4 Å². The number of amides is 1. The number of phosphoric ester groups is 1. The summed E-state index contributed by atoms with van der Waals surface area (Å²) in [4.78, 5) is 25.4. The average Bonchev–Trinajstić information content (AvgIpc) is 3.34. The monoisotopic (exact) mass is 1020 g/mol. The lowest BCUT2D eigenvalue weighted by Crippen LogP contribution is -2.45. The summed E-state index contributed by atoms with van der Waals surface area (Å²) in [5, 5.41) is 13.8. The van der Waals surface area contributed by atoms with Gasteiger partial charge in [-0.1, -0.05) is 217 Å². The number of hydrogen-bond acceptors (Lipinski definition) is 6. The Balaban J connectivity index is 4.27. The fourth-order valence-electron chi connectivity index (χ4n) is 7.12. The van der Waals surface area contributed by atoms with Crippen LogP contribution < -0.4 is 10.2 Å². The number of phosphoric acid groups is 1. The minimum atomic E-state index is -4.62. The third kappa shape index (κ3) is 54.2. The molecule has 0 bridgehead atoms. The molecule has 408 valence electrons. The molecule has 0 aromatic rings. The van der Waals surface area contributed by atoms with Crippen LogP contribution in [0.1, 0.15) is 194 Å². The van der Waals surface area contributed by atoms with Crippen molar-refractivity contribution in [3.8, 4) is 0 Å². The van der Waals surface area contributed by atoms with Gasteiger partial charge in [0.1, 0.15) is 13.2 Å². The minimum Gasteiger partial charge on any atom is -0.756 e. The summed E-state index contributed by atoms with van der Waals surface area (Å²) in [6.07, 6.45) is 80.6. The predicted octanol–water partition coefficient (Wildman–Crippen LogP) is 16.7. The van der Waals surface area contributed by atoms with E-state index in [-0.39, 0.29) is 12.5 Å². The number of carbonyl (C=O) groups is 1. The molecular weight excluding hydrogens is 912 g/mol. The van der Waals surface area contributed by atoms with Crippen LogP contribution in [0.15, 0.2) is 146 Å². The summed E-state index contributed by atoms with van der Waals surface area (Å²) < 4.78 is 23.3. The first-order valence-corrected chi connectivity index (χ1v) is 29.7. The highest BCUT2D eigenvalue weighted by Crippen LogP contribution is 2.38. The van der Waals surface area contributed by atoms with Crippen molar-refractivity contribution < 1.29 is 32.9 Å². The van der Waals surface area contributed by atoms with Gasteiger partial charge in [-0.2, -0.15) is 0 Å². The number of nitrogens with zero attached hydrogens (tertiary/aromatic N) is 1. The number of hydrogen-bond donors (Lipinski definition) is 2. The highest BCUT2D eigenvalue weighted by atomic mass is 31.2. The van der Waals surface area contributed by atoms with E-state index in [9.17, 15) is 19.4 Å². The Morgan fingerprint density at radius 1 is 0.500 bits per heavy atom. The summed E-state index contributed by atoms with van der Waals surface area (Å²) in [5.74, 6) is -0.230. The number of aliphatic hydroxyl groups is 1. The van der Waals surface area contributed by atoms with Crippen LogP contribution in [0.25, 0.3) is 0 Å². The first kappa shape index (κ1) is 68.4. The van der Waals surface area contributed by atoms with Gasteiger partial charge in [0.25, 0.3) is 7.82 Å². The molecule has 3 unspecified atom stereocenters. The summed E-state index contributed by atoms with van der Waals surface area (Å²) in [6.45, 7) is 4.45. The normalized spacial score (nSPS) is 15.0. The number of quaternary nitrogens is 1. The second-order valence-electron chi connectivity index (χ2n) is 19.5. The Morgan fingerprint density at radius 3 is 1.29 bits per heavy atom. The van der Waals surface area contributed by atoms with Crippen LogP contribution in [-0.4, -0.2) is 68.5 Å². The average molecular weight is 1020 g/mol. The number of aliphatic hydroxyl groups excluding tert-OH is 1. The van der Waals surface area contributed by atoms with Crippen LogP contribution in [0.3, 0.4) is 0 Å². The maximum absolute atomic E-state index is 12.9. The molecule has 0 aromatic carbocycles. The smallest absolute Gasteiger partial charge is 0.268 e. The standard InChI is InChI=1S/C63H105N2O6P/c1-6-8-10-12-14-16-18-20-22-23-24-25-26-27-28-29-30-31-32-33-34-35-36-37-38-39-40-41-43-45-47-49-51-53-55-57-63(67)64-61(60-71-72(68,69)70-59-58-65(3,4)5)62(66)56-54-52-50-48-46-44-42-21-19-17-15-13-11-9-7-2/h8,10,14,16,19-22,24-25,27-28,30-31,33-34,36-37,39-40,46,48,54,56,61-62,66H,6-7,9,11-13,15,17-18,23,26,29,32,35,38,41-45,47,49-53,55,57-60H2,1-5H3,(H-,64,67,68,69)/b10-8-,16-14-,21-19+,22-20-,25-24-,28-27-,31-30-,34-33-,37-36-,40-39-,48-46+,56-54+. The van der Waals surface area contributed by atoms with Crippen molar-refractivity contribution in [2.24, 2.45) is 0 Å². The number of allylic oxidation sites excluding steroid dienone is 23. The third-order valence-electron chi connectivity index (χ3n) is 11.5. The van der Waals surface area contributed by atoms with Gasteiger partial charge in [-0.05, 0) is 116 Å². The van der Waals surface area contributed by atoms with Crippen LogP contribution in [0.5, 0.6) is 0 Å². The number of unbranched alkanes of at least 4 members (excludes halogenated alkanes) is 14. The fraction of sp³-hybridized carbons (Fsp3) is 0.603. The molecule has 0 fully saturated rings. The third-order valence-corrected chi connectivity index (χ3v) is 12.5. The molecule has 2 N–H and O–H groups in total. The SMILES string of the molecule is CC/C=C\C/C=C\C/C=C\C/C=C\C/C=C\C/C=C\C/C=C\C/C=C\C/C=C\CCCCCCCCCC(=O)NC(COP(=O)([O-])OCC[N+](C)(C)C)C(O)/C=C/CC/C=C/CC/C=C/CCCCCCC. The predicted molar refractivity (Wildman–Crippen MR) is 311 cm³/mol. The zero-order valence-electron chi connectivity index (χ0n) is 46.3. The van der Waals surface area contributed by atoms with Crippen LogP contribution in [0.4, 0.5) is 0 Å². The summed E-state index contributed by atoms with van der Waals surface area (Å²) in [6, 6.07) is -0.927. The van der Waals surface area contributed by atoms with Gasteiger partial charge in [-0.15, -0.1) is 0 Å². The minimum absolute atomic E-state index is 0.0195. The summed E-state index contributed by atoms with van der Waals surface area (Å²) >= 11 is 0. The molecule has 0 saturated heterocycles. The quantitative estimate of drug-likeness (QED) is 0.0272. The Morgan fingerprint density at radius 2 is 0.861 bits per heavy atom. The largest absolute Gasteiger partial charge is 0.756 e. The van der Waals surface area contributed by atoms with E-state index in [0.717, 1.165) is 122 Å². The van der Waals surface area contributed by atoms with Crippen LogP contribution >= 0.6 is 7.82 Å². The van der Waals surface area contributed by atoms with Gasteiger partial charge < -0.3 is 28.8 Å². The lowest BCUT2D eigenvalue weighted by atomic mass is 10.1. The lowest BCUT2D eigenvalue weighted by molar-refractivity contribution is -0.870. The van der Waals surface area contributed by atoms with Crippen molar-refractivity contribution in [2.75, 3.05) is 40.9 Å². The van der Waals surface area contributed by atoms with Gasteiger partial charge in [0.05, 0.1) is 39.9 Å². The molecule has 0 spiro atoms. The molecule has 0 aliphatic heterocycles. The van der Waals surface area contributed by atoms with Crippen molar-refractivity contribution in [1.82, 2.24) is 5.32 Å². The molecule has 1 amide bonds. The van der Waals surface area contributed by atoms with Crippen molar-refractivity contribution >= 4 is 13.7 Å². The second-order valence-corrected chi connectivity index (χ2v) is 20.9. The molecule has 0 aliphatic rings. The van der Waals surface area contributed by atoms with E-state index in [1.54, 1.807) is 6.08 Å². The first-order valence-electron chi connectivity index (χ1n) is 28.2. The molecular formula is C63H105N2O6P. The lowest BCUT2D eigenvalue weighted by Gasteiger charge is -2.29. The molecule has 0 aromatic heterocycles. The van der Waals surface area contributed by atoms with E-state index in [4.69, 9.17) is 9.05 Å². The zero-order chi connectivity index (χ0) is 52.7. The van der Waals surface area contributed by atoms with E-state index in [1.807, 2.05) is 27.2 Å². The maximum Gasteiger partial charge on any atom is 0.268 e. The summed E-state index contributed by atoms with van der Waals surface area (Å²) in [7, 11) is 1.20. The van der Waals surface area contributed by atoms with E-state index < -0.39 is 26.6 Å². The van der Waals surface area contributed by atoms with E-state index >= 15 is 0 Å². The van der Waals surface area contributed by atoms with Crippen molar-refractivity contribution in [3.63, 3.8) is 0 Å². The Bertz CT molecular complexity index is 1670. The number of rotatable bonds is 49. The Kier molecular flexibility index (Phi) is 49.6. The number of nitrogens with one attached hydrogen (secondary N) is 1. The molecule has 0 aliphatic carbocycles. The van der Waals surface area contributed by atoms with Gasteiger partial charge in [-0.3, -0.25) is 9.36 Å². The molecule has 0 rings (SSSR count). The molecule has 3 atom stereocenters. The van der Waals surface area contributed by atoms with Gasteiger partial charge in [0, 0.05) is 6.42 Å². The van der Waals surface area contributed by atoms with Gasteiger partial charge >= 0.3 is 0 Å². The van der Waals surface area contributed by atoms with Crippen molar-refractivity contribution in [2.45, 2.75) is 206 Å². The second kappa shape index (κ2) is 52.3. The van der Waals surface area contributed by atoms with Gasteiger partial charge in [-0.25, -0.2) is 0 Å². The number of carbonyl (C=O) groups excluding carboxylic acids is 1.